The van der Waals surface area contributed by atoms with Gasteiger partial charge in [-0.3, -0.25) is 14.2 Å². The lowest BCUT2D eigenvalue weighted by Crippen LogP contribution is -2.21. The van der Waals surface area contributed by atoms with Crippen molar-refractivity contribution < 1.29 is 14.3 Å². The first kappa shape index (κ1) is 22.4. The summed E-state index contributed by atoms with van der Waals surface area (Å²) in [7, 11) is 0. The molecule has 168 valence electrons. The van der Waals surface area contributed by atoms with Crippen molar-refractivity contribution in [3.63, 3.8) is 0 Å². The molecule has 1 N–H and O–H groups in total. The van der Waals surface area contributed by atoms with E-state index >= 15 is 0 Å². The van der Waals surface area contributed by atoms with Crippen molar-refractivity contribution in [1.29, 1.82) is 0 Å². The second-order valence-electron chi connectivity index (χ2n) is 7.89. The lowest BCUT2D eigenvalue weighted by atomic mass is 10.1. The number of nitrogens with one attached hydrogen (secondary N) is 1. The van der Waals surface area contributed by atoms with Crippen LogP contribution in [0.1, 0.15) is 45.0 Å². The van der Waals surface area contributed by atoms with Gasteiger partial charge in [-0.2, -0.15) is 0 Å². The third kappa shape index (κ3) is 4.85. The van der Waals surface area contributed by atoms with Crippen LogP contribution in [0.15, 0.2) is 65.7 Å². The lowest BCUT2D eigenvalue weighted by molar-refractivity contribution is 0.0377. The number of ether oxygens (including phenoxy) is 1. The monoisotopic (exact) mass is 461 g/mol. The van der Waals surface area contributed by atoms with Gasteiger partial charge in [0.05, 0.1) is 34.8 Å². The number of nitrogens with zero attached hydrogens (tertiary/aromatic N) is 2. The number of hydrogen-bond acceptors (Lipinski definition) is 6. The molecule has 4 rings (SSSR count). The highest BCUT2D eigenvalue weighted by Gasteiger charge is 2.20. The van der Waals surface area contributed by atoms with Gasteiger partial charge in [-0.05, 0) is 56.2 Å². The number of anilines is 1. The molecule has 0 spiro atoms. The zero-order valence-electron chi connectivity index (χ0n) is 18.5. The maximum absolute atomic E-state index is 13.2. The highest BCUT2D eigenvalue weighted by atomic mass is 32.1. The molecule has 1 amide bonds. The Morgan fingerprint density at radius 2 is 1.88 bits per heavy atom. The minimum atomic E-state index is -0.407. The number of para-hydroxylation sites is 1. The fourth-order valence-electron chi connectivity index (χ4n) is 3.47. The Bertz CT molecular complexity index is 1390. The minimum absolute atomic E-state index is 0.217. The van der Waals surface area contributed by atoms with E-state index in [1.807, 2.05) is 24.3 Å². The van der Waals surface area contributed by atoms with Crippen molar-refractivity contribution >= 4 is 39.1 Å². The molecule has 0 saturated heterocycles. The highest BCUT2D eigenvalue weighted by molar-refractivity contribution is 7.20. The fourth-order valence-corrected chi connectivity index (χ4v) is 4.51. The molecule has 7 nitrogen and oxygen atoms in total. The van der Waals surface area contributed by atoms with Crippen LogP contribution in [0.25, 0.3) is 10.2 Å². The van der Waals surface area contributed by atoms with Crippen LogP contribution < -0.4 is 10.9 Å². The summed E-state index contributed by atoms with van der Waals surface area (Å²) < 4.78 is 6.73. The number of hydrogen-bond donors (Lipinski definition) is 1. The molecule has 0 unspecified atom stereocenters. The summed E-state index contributed by atoms with van der Waals surface area (Å²) in [6.45, 7) is 5.58. The summed E-state index contributed by atoms with van der Waals surface area (Å²) in [5, 5.41) is 3.28. The zero-order valence-corrected chi connectivity index (χ0v) is 19.3. The number of carbonyl (C=O) groups excluding carboxylic acids is 2. The van der Waals surface area contributed by atoms with Gasteiger partial charge >= 0.3 is 5.97 Å². The average molecular weight is 462 g/mol. The van der Waals surface area contributed by atoms with Crippen LogP contribution in [0, 0.1) is 6.92 Å². The molecule has 8 heteroatoms. The van der Waals surface area contributed by atoms with Gasteiger partial charge in [0, 0.05) is 5.69 Å². The van der Waals surface area contributed by atoms with Gasteiger partial charge < -0.3 is 10.1 Å². The van der Waals surface area contributed by atoms with Gasteiger partial charge in [0.15, 0.2) is 0 Å². The van der Waals surface area contributed by atoms with Crippen LogP contribution in [0.2, 0.25) is 0 Å². The van der Waals surface area contributed by atoms with E-state index in [1.165, 1.54) is 22.2 Å². The number of thiophene rings is 1. The van der Waals surface area contributed by atoms with E-state index in [2.05, 4.69) is 10.3 Å². The third-order valence-electron chi connectivity index (χ3n) is 5.01. The number of benzene rings is 2. The second kappa shape index (κ2) is 9.38. The van der Waals surface area contributed by atoms with E-state index in [-0.39, 0.29) is 24.1 Å². The van der Waals surface area contributed by atoms with Crippen molar-refractivity contribution in [2.75, 3.05) is 5.32 Å². The maximum atomic E-state index is 13.2. The summed E-state index contributed by atoms with van der Waals surface area (Å²) in [6.07, 6.45) is 1.25. The van der Waals surface area contributed by atoms with Gasteiger partial charge in [0.2, 0.25) is 0 Å². The summed E-state index contributed by atoms with van der Waals surface area (Å²) in [4.78, 5) is 43.6. The first-order chi connectivity index (χ1) is 15.8. The van der Waals surface area contributed by atoms with Crippen LogP contribution in [-0.4, -0.2) is 27.5 Å². The molecule has 0 fully saturated rings. The Morgan fingerprint density at radius 3 is 2.61 bits per heavy atom. The molecule has 0 aliphatic carbocycles. The number of aryl methyl sites for hydroxylation is 1. The standard InChI is InChI=1S/C25H23N3O4S/c1-15(2)32-25(31)18-9-7-8-17(12-18)13-28-14-26-23-20(24(28)30)16(3)21(33-23)22(29)27-19-10-5-4-6-11-19/h4-12,14-15H,13H2,1-3H3,(H,27,29). The molecule has 0 radical (unpaired) electrons. The number of rotatable bonds is 6. The zero-order chi connectivity index (χ0) is 23.5. The van der Waals surface area contributed by atoms with Crippen LogP contribution in [0.4, 0.5) is 5.69 Å². The number of esters is 1. The van der Waals surface area contributed by atoms with Gasteiger partial charge in [0.25, 0.3) is 11.5 Å². The first-order valence-corrected chi connectivity index (χ1v) is 11.3. The quantitative estimate of drug-likeness (QED) is 0.423. The van der Waals surface area contributed by atoms with Gasteiger partial charge in [-0.1, -0.05) is 30.3 Å². The van der Waals surface area contributed by atoms with E-state index in [1.54, 1.807) is 51.1 Å². The van der Waals surface area contributed by atoms with Gasteiger partial charge in [-0.25, -0.2) is 9.78 Å². The predicted octanol–water partition coefficient (Wildman–Crippen LogP) is 4.63. The van der Waals surface area contributed by atoms with Crippen LogP contribution in [0.3, 0.4) is 0 Å². The number of amides is 1. The Hall–Kier alpha value is -3.78. The molecule has 0 saturated carbocycles. The van der Waals surface area contributed by atoms with E-state index < -0.39 is 5.97 Å². The Morgan fingerprint density at radius 1 is 1.12 bits per heavy atom. The lowest BCUT2D eigenvalue weighted by Gasteiger charge is -2.10. The molecule has 0 aliphatic heterocycles. The average Bonchev–Trinajstić information content (AvgIpc) is 3.13. The molecule has 0 aliphatic rings. The van der Waals surface area contributed by atoms with Crippen LogP contribution in [0.5, 0.6) is 0 Å². The van der Waals surface area contributed by atoms with Crippen molar-refractivity contribution in [3.8, 4) is 0 Å². The van der Waals surface area contributed by atoms with E-state index in [4.69, 9.17) is 4.74 Å². The normalized spacial score (nSPS) is 11.0. The highest BCUT2D eigenvalue weighted by Crippen LogP contribution is 2.27. The molecule has 2 aromatic carbocycles. The first-order valence-electron chi connectivity index (χ1n) is 10.5. The molecule has 33 heavy (non-hydrogen) atoms. The third-order valence-corrected chi connectivity index (χ3v) is 6.21. The molecule has 0 bridgehead atoms. The smallest absolute Gasteiger partial charge is 0.338 e. The number of fused-ring (bicyclic) bond motifs is 1. The van der Waals surface area contributed by atoms with E-state index in [0.29, 0.717) is 31.9 Å². The minimum Gasteiger partial charge on any atom is -0.459 e. The van der Waals surface area contributed by atoms with E-state index in [0.717, 1.165) is 5.56 Å². The Kier molecular flexibility index (Phi) is 6.37. The van der Waals surface area contributed by atoms with Gasteiger partial charge in [0.1, 0.15) is 4.83 Å². The second-order valence-corrected chi connectivity index (χ2v) is 8.89. The number of aromatic nitrogens is 2. The van der Waals surface area contributed by atoms with Crippen molar-refractivity contribution in [2.24, 2.45) is 0 Å². The van der Waals surface area contributed by atoms with Gasteiger partial charge in [-0.15, -0.1) is 11.3 Å². The van der Waals surface area contributed by atoms with E-state index in [9.17, 15) is 14.4 Å². The SMILES string of the molecule is Cc1c(C(=O)Nc2ccccc2)sc2ncn(Cc3cccc(C(=O)OC(C)C)c3)c(=O)c12. The van der Waals surface area contributed by atoms with Crippen LogP contribution in [-0.2, 0) is 11.3 Å². The molecule has 2 heterocycles. The molecule has 2 aromatic heterocycles. The Labute approximate surface area is 194 Å². The molecule has 4 aromatic rings. The fraction of sp³-hybridized carbons (Fsp3) is 0.200. The topological polar surface area (TPSA) is 90.3 Å². The van der Waals surface area contributed by atoms with Crippen molar-refractivity contribution in [2.45, 2.75) is 33.4 Å². The Balaban J connectivity index is 1.63. The van der Waals surface area contributed by atoms with Crippen LogP contribution >= 0.6 is 11.3 Å². The molecular weight excluding hydrogens is 438 g/mol. The number of carbonyl (C=O) groups is 2. The summed E-state index contributed by atoms with van der Waals surface area (Å²) >= 11 is 1.19. The predicted molar refractivity (Wildman–Crippen MR) is 129 cm³/mol. The van der Waals surface area contributed by atoms with Crippen molar-refractivity contribution in [3.05, 3.63) is 92.8 Å². The summed E-state index contributed by atoms with van der Waals surface area (Å²) in [5.41, 5.74) is 2.24. The van der Waals surface area contributed by atoms with Crippen molar-refractivity contribution in [1.82, 2.24) is 9.55 Å². The largest absolute Gasteiger partial charge is 0.459 e. The molecule has 0 atom stereocenters. The molecular formula is C25H23N3O4S. The summed E-state index contributed by atoms with van der Waals surface area (Å²) in [5.74, 6) is -0.681. The maximum Gasteiger partial charge on any atom is 0.338 e. The summed E-state index contributed by atoms with van der Waals surface area (Å²) in [6, 6.07) is 16.1.